The molecule has 0 radical (unpaired) electrons. The van der Waals surface area contributed by atoms with Gasteiger partial charge >= 0.3 is 6.18 Å². The van der Waals surface area contributed by atoms with Crippen LogP contribution in [-0.4, -0.2) is 23.9 Å². The Morgan fingerprint density at radius 3 is 2.20 bits per heavy atom. The third-order valence-electron chi connectivity index (χ3n) is 4.79. The number of piperidine rings is 1. The molecule has 25 heavy (non-hydrogen) atoms. The first-order chi connectivity index (χ1) is 11.9. The second-order valence-electron chi connectivity index (χ2n) is 6.52. The number of hydrogen-bond acceptors (Lipinski definition) is 1. The number of rotatable bonds is 2. The lowest BCUT2D eigenvalue weighted by molar-refractivity contribution is -0.138. The van der Waals surface area contributed by atoms with E-state index in [1.807, 2.05) is 19.1 Å². The molecule has 1 amide bonds. The Morgan fingerprint density at radius 1 is 1.00 bits per heavy atom. The van der Waals surface area contributed by atoms with Crippen LogP contribution < -0.4 is 0 Å². The molecule has 0 spiro atoms. The molecule has 132 valence electrons. The van der Waals surface area contributed by atoms with Crippen LogP contribution in [0.1, 0.15) is 45.8 Å². The minimum Gasteiger partial charge on any atom is -0.339 e. The van der Waals surface area contributed by atoms with Gasteiger partial charge in [0.2, 0.25) is 0 Å². The van der Waals surface area contributed by atoms with Gasteiger partial charge < -0.3 is 4.90 Å². The molecule has 0 atom stereocenters. The van der Waals surface area contributed by atoms with Crippen molar-refractivity contribution in [2.75, 3.05) is 13.1 Å². The summed E-state index contributed by atoms with van der Waals surface area (Å²) >= 11 is 0. The van der Waals surface area contributed by atoms with Gasteiger partial charge in [0.25, 0.3) is 5.91 Å². The number of carbonyl (C=O) groups excluding carboxylic acids is 1. The first-order valence-electron chi connectivity index (χ1n) is 8.38. The maximum atomic E-state index is 13.2. The van der Waals surface area contributed by atoms with Gasteiger partial charge in [-0.15, -0.1) is 0 Å². The molecule has 5 heteroatoms. The van der Waals surface area contributed by atoms with Gasteiger partial charge in [-0.05, 0) is 49.4 Å². The lowest BCUT2D eigenvalue weighted by Gasteiger charge is -2.33. The van der Waals surface area contributed by atoms with Gasteiger partial charge in [-0.25, -0.2) is 0 Å². The van der Waals surface area contributed by atoms with E-state index in [0.29, 0.717) is 37.1 Å². The third kappa shape index (κ3) is 3.86. The van der Waals surface area contributed by atoms with Crippen molar-refractivity contribution >= 4 is 5.91 Å². The monoisotopic (exact) mass is 347 g/mol. The first kappa shape index (κ1) is 17.5. The molecule has 2 aromatic carbocycles. The molecule has 0 saturated carbocycles. The van der Waals surface area contributed by atoms with Gasteiger partial charge in [0.15, 0.2) is 0 Å². The van der Waals surface area contributed by atoms with E-state index in [0.717, 1.165) is 11.6 Å². The standard InChI is InChI=1S/C20H20F3NO/c1-14-6-8-16(9-7-14)19(25)24-12-10-15(11-13-24)17-4-2-3-5-18(17)20(21,22)23/h2-9,15H,10-13H2,1H3. The van der Waals surface area contributed by atoms with Crippen molar-refractivity contribution in [3.05, 3.63) is 70.8 Å². The maximum Gasteiger partial charge on any atom is 0.416 e. The van der Waals surface area contributed by atoms with E-state index in [2.05, 4.69) is 0 Å². The summed E-state index contributed by atoms with van der Waals surface area (Å²) in [5.41, 5.74) is 1.49. The van der Waals surface area contributed by atoms with Crippen LogP contribution in [0.25, 0.3) is 0 Å². The van der Waals surface area contributed by atoms with E-state index >= 15 is 0 Å². The minimum absolute atomic E-state index is 0.0532. The average Bonchev–Trinajstić information content (AvgIpc) is 2.61. The summed E-state index contributed by atoms with van der Waals surface area (Å²) in [7, 11) is 0. The highest BCUT2D eigenvalue weighted by Gasteiger charge is 2.36. The molecule has 0 aliphatic carbocycles. The summed E-state index contributed by atoms with van der Waals surface area (Å²) < 4.78 is 39.6. The maximum absolute atomic E-state index is 13.2. The summed E-state index contributed by atoms with van der Waals surface area (Å²) in [5.74, 6) is -0.220. The summed E-state index contributed by atoms with van der Waals surface area (Å²) in [6, 6.07) is 13.1. The highest BCUT2D eigenvalue weighted by molar-refractivity contribution is 5.94. The van der Waals surface area contributed by atoms with Gasteiger partial charge in [-0.3, -0.25) is 4.79 Å². The fourth-order valence-corrected chi connectivity index (χ4v) is 3.38. The second-order valence-corrected chi connectivity index (χ2v) is 6.52. The van der Waals surface area contributed by atoms with Crippen LogP contribution in [0.15, 0.2) is 48.5 Å². The van der Waals surface area contributed by atoms with Crippen LogP contribution in [0.3, 0.4) is 0 Å². The number of amides is 1. The number of aryl methyl sites for hydroxylation is 1. The van der Waals surface area contributed by atoms with Crippen LogP contribution >= 0.6 is 0 Å². The largest absolute Gasteiger partial charge is 0.416 e. The number of alkyl halides is 3. The fraction of sp³-hybridized carbons (Fsp3) is 0.350. The van der Waals surface area contributed by atoms with Crippen LogP contribution in [0.4, 0.5) is 13.2 Å². The highest BCUT2D eigenvalue weighted by Crippen LogP contribution is 2.38. The molecule has 1 fully saturated rings. The zero-order chi connectivity index (χ0) is 18.0. The van der Waals surface area contributed by atoms with Gasteiger partial charge in [0.05, 0.1) is 5.56 Å². The molecule has 3 rings (SSSR count). The Balaban J connectivity index is 1.70. The molecule has 1 aliphatic heterocycles. The summed E-state index contributed by atoms with van der Waals surface area (Å²) in [5, 5.41) is 0. The summed E-state index contributed by atoms with van der Waals surface area (Å²) in [6.45, 7) is 2.91. The zero-order valence-electron chi connectivity index (χ0n) is 14.0. The molecule has 1 heterocycles. The van der Waals surface area contributed by atoms with Crippen molar-refractivity contribution < 1.29 is 18.0 Å². The number of halogens is 3. The summed E-state index contributed by atoms with van der Waals surface area (Å²) in [6.07, 6.45) is -3.25. The van der Waals surface area contributed by atoms with Crippen molar-refractivity contribution in [1.82, 2.24) is 4.90 Å². The van der Waals surface area contributed by atoms with Crippen molar-refractivity contribution in [1.29, 1.82) is 0 Å². The number of carbonyl (C=O) groups is 1. The van der Waals surface area contributed by atoms with Crippen LogP contribution in [0.2, 0.25) is 0 Å². The number of hydrogen-bond donors (Lipinski definition) is 0. The number of benzene rings is 2. The topological polar surface area (TPSA) is 20.3 Å². The molecule has 0 unspecified atom stereocenters. The Labute approximate surface area is 145 Å². The molecular weight excluding hydrogens is 327 g/mol. The highest BCUT2D eigenvalue weighted by atomic mass is 19.4. The quantitative estimate of drug-likeness (QED) is 0.746. The van der Waals surface area contributed by atoms with Gasteiger partial charge in [-0.2, -0.15) is 13.2 Å². The smallest absolute Gasteiger partial charge is 0.339 e. The molecular formula is C20H20F3NO. The zero-order valence-corrected chi connectivity index (χ0v) is 14.0. The Hall–Kier alpha value is -2.30. The SMILES string of the molecule is Cc1ccc(C(=O)N2CCC(c3ccccc3C(F)(F)F)CC2)cc1. The Bertz CT molecular complexity index is 744. The molecule has 0 N–H and O–H groups in total. The molecule has 0 aromatic heterocycles. The molecule has 1 aliphatic rings. The van der Waals surface area contributed by atoms with E-state index < -0.39 is 11.7 Å². The van der Waals surface area contributed by atoms with Crippen molar-refractivity contribution in [2.24, 2.45) is 0 Å². The van der Waals surface area contributed by atoms with Crippen LogP contribution in [0, 0.1) is 6.92 Å². The van der Waals surface area contributed by atoms with E-state index in [4.69, 9.17) is 0 Å². The van der Waals surface area contributed by atoms with E-state index in [-0.39, 0.29) is 11.8 Å². The van der Waals surface area contributed by atoms with E-state index in [9.17, 15) is 18.0 Å². The van der Waals surface area contributed by atoms with E-state index in [1.54, 1.807) is 29.2 Å². The molecule has 0 bridgehead atoms. The lowest BCUT2D eigenvalue weighted by Crippen LogP contribution is -2.38. The number of likely N-dealkylation sites (tertiary alicyclic amines) is 1. The van der Waals surface area contributed by atoms with Crippen molar-refractivity contribution in [3.63, 3.8) is 0 Å². The fourth-order valence-electron chi connectivity index (χ4n) is 3.38. The normalized spacial score (nSPS) is 16.1. The third-order valence-corrected chi connectivity index (χ3v) is 4.79. The van der Waals surface area contributed by atoms with E-state index in [1.165, 1.54) is 6.07 Å². The summed E-state index contributed by atoms with van der Waals surface area (Å²) in [4.78, 5) is 14.3. The molecule has 1 saturated heterocycles. The second kappa shape index (κ2) is 6.90. The number of nitrogens with zero attached hydrogens (tertiary/aromatic N) is 1. The predicted molar refractivity (Wildman–Crippen MR) is 90.5 cm³/mol. The Morgan fingerprint density at radius 2 is 1.60 bits per heavy atom. The molecule has 2 aromatic rings. The first-order valence-corrected chi connectivity index (χ1v) is 8.38. The van der Waals surface area contributed by atoms with Gasteiger partial charge in [0.1, 0.15) is 0 Å². The van der Waals surface area contributed by atoms with Crippen molar-refractivity contribution in [2.45, 2.75) is 31.9 Å². The minimum atomic E-state index is -4.34. The predicted octanol–water partition coefficient (Wildman–Crippen LogP) is 5.03. The van der Waals surface area contributed by atoms with Crippen LogP contribution in [-0.2, 0) is 6.18 Å². The van der Waals surface area contributed by atoms with Gasteiger partial charge in [-0.1, -0.05) is 35.9 Å². The van der Waals surface area contributed by atoms with Crippen molar-refractivity contribution in [3.8, 4) is 0 Å². The van der Waals surface area contributed by atoms with Gasteiger partial charge in [0, 0.05) is 18.7 Å². The lowest BCUT2D eigenvalue weighted by atomic mass is 9.86. The molecule has 2 nitrogen and oxygen atoms in total. The Kier molecular flexibility index (Phi) is 4.84. The average molecular weight is 347 g/mol. The van der Waals surface area contributed by atoms with Crippen LogP contribution in [0.5, 0.6) is 0 Å².